The largest absolute Gasteiger partial charge is 0.494 e. The maximum absolute atomic E-state index is 13.7. The van der Waals surface area contributed by atoms with Gasteiger partial charge >= 0.3 is 0 Å². The molecule has 7 nitrogen and oxygen atoms in total. The van der Waals surface area contributed by atoms with E-state index in [0.29, 0.717) is 61.2 Å². The highest BCUT2D eigenvalue weighted by molar-refractivity contribution is 6.45. The molecule has 0 saturated heterocycles. The van der Waals surface area contributed by atoms with Gasteiger partial charge in [-0.2, -0.15) is 0 Å². The minimum Gasteiger partial charge on any atom is -0.494 e. The summed E-state index contributed by atoms with van der Waals surface area (Å²) in [4.78, 5) is 30.5. The summed E-state index contributed by atoms with van der Waals surface area (Å²) in [5.41, 5.74) is 2.82. The highest BCUT2D eigenvalue weighted by atomic mass is 16.5. The average molecular weight is 439 g/mol. The van der Waals surface area contributed by atoms with Crippen LogP contribution < -0.4 is 9.64 Å². The number of para-hydroxylation sites is 1. The van der Waals surface area contributed by atoms with Crippen LogP contribution in [0.2, 0.25) is 0 Å². The van der Waals surface area contributed by atoms with Crippen LogP contribution in [0.25, 0.3) is 5.57 Å². The van der Waals surface area contributed by atoms with Gasteiger partial charge in [0.05, 0.1) is 31.1 Å². The predicted octanol–water partition coefficient (Wildman–Crippen LogP) is 3.27. The number of benzene rings is 2. The van der Waals surface area contributed by atoms with Crippen LogP contribution in [0, 0.1) is 6.92 Å². The van der Waals surface area contributed by atoms with Crippen LogP contribution >= 0.6 is 0 Å². The van der Waals surface area contributed by atoms with Gasteiger partial charge in [-0.25, -0.2) is 4.90 Å². The van der Waals surface area contributed by atoms with Gasteiger partial charge in [-0.15, -0.1) is 0 Å². The Balaban J connectivity index is 2.12. The van der Waals surface area contributed by atoms with Crippen LogP contribution in [-0.2, 0) is 19.1 Å². The van der Waals surface area contributed by atoms with Gasteiger partial charge in [0.2, 0.25) is 0 Å². The lowest BCUT2D eigenvalue weighted by Gasteiger charge is -2.26. The number of carbonyl (C=O) groups excluding carboxylic acids is 2. The van der Waals surface area contributed by atoms with Gasteiger partial charge in [0, 0.05) is 27.3 Å². The summed E-state index contributed by atoms with van der Waals surface area (Å²) in [6.07, 6.45) is 0. The van der Waals surface area contributed by atoms with Crippen LogP contribution in [0.5, 0.6) is 5.75 Å². The molecular formula is C25H30N2O5. The first kappa shape index (κ1) is 23.5. The zero-order valence-corrected chi connectivity index (χ0v) is 19.1. The van der Waals surface area contributed by atoms with Crippen molar-refractivity contribution in [1.29, 1.82) is 0 Å². The summed E-state index contributed by atoms with van der Waals surface area (Å²) < 4.78 is 16.0. The number of methoxy groups -OCH3 is 2. The average Bonchev–Trinajstić information content (AvgIpc) is 3.05. The quantitative estimate of drug-likeness (QED) is 0.502. The molecule has 0 aromatic heterocycles. The summed E-state index contributed by atoms with van der Waals surface area (Å²) in [5, 5.41) is 0. The normalized spacial score (nSPS) is 13.8. The van der Waals surface area contributed by atoms with E-state index in [-0.39, 0.29) is 11.8 Å². The van der Waals surface area contributed by atoms with E-state index in [2.05, 4.69) is 0 Å². The lowest BCUT2D eigenvalue weighted by atomic mass is 10.0. The Morgan fingerprint density at radius 2 is 1.50 bits per heavy atom. The zero-order chi connectivity index (χ0) is 23.1. The van der Waals surface area contributed by atoms with E-state index in [0.717, 1.165) is 5.56 Å². The second-order valence-corrected chi connectivity index (χ2v) is 7.39. The van der Waals surface area contributed by atoms with Crippen molar-refractivity contribution in [2.24, 2.45) is 0 Å². The Morgan fingerprint density at radius 3 is 2.06 bits per heavy atom. The van der Waals surface area contributed by atoms with E-state index in [1.165, 1.54) is 4.90 Å². The first-order valence-corrected chi connectivity index (χ1v) is 10.7. The van der Waals surface area contributed by atoms with Crippen molar-refractivity contribution in [2.75, 3.05) is 52.0 Å². The van der Waals surface area contributed by atoms with Crippen molar-refractivity contribution in [3.05, 3.63) is 65.4 Å². The molecule has 32 heavy (non-hydrogen) atoms. The van der Waals surface area contributed by atoms with Crippen molar-refractivity contribution < 1.29 is 23.8 Å². The summed E-state index contributed by atoms with van der Waals surface area (Å²) in [6.45, 7) is 6.08. The standard InChI is InChI=1S/C25H30N2O5/c1-5-32-20-12-10-19(11-13-20)22-23(26(14-16-30-3)15-17-31-4)25(29)27(24(22)28)21-9-7-6-8-18(21)2/h6-13H,5,14-17H2,1-4H3. The van der Waals surface area contributed by atoms with Gasteiger partial charge in [-0.3, -0.25) is 9.59 Å². The fraction of sp³-hybridized carbons (Fsp3) is 0.360. The van der Waals surface area contributed by atoms with Crippen LogP contribution in [-0.4, -0.2) is 63.8 Å². The van der Waals surface area contributed by atoms with Gasteiger partial charge in [0.1, 0.15) is 11.4 Å². The predicted molar refractivity (Wildman–Crippen MR) is 124 cm³/mol. The molecule has 0 unspecified atom stereocenters. The number of carbonyl (C=O) groups is 2. The van der Waals surface area contributed by atoms with Crippen molar-refractivity contribution in [2.45, 2.75) is 13.8 Å². The molecule has 2 aromatic carbocycles. The Bertz CT molecular complexity index is 976. The molecular weight excluding hydrogens is 408 g/mol. The van der Waals surface area contributed by atoms with Gasteiger partial charge < -0.3 is 19.1 Å². The van der Waals surface area contributed by atoms with Crippen molar-refractivity contribution in [1.82, 2.24) is 4.90 Å². The smallest absolute Gasteiger partial charge is 0.282 e. The zero-order valence-electron chi connectivity index (χ0n) is 19.1. The van der Waals surface area contributed by atoms with Crippen LogP contribution in [0.15, 0.2) is 54.2 Å². The number of amides is 2. The van der Waals surface area contributed by atoms with E-state index in [9.17, 15) is 9.59 Å². The Hall–Kier alpha value is -3.16. The van der Waals surface area contributed by atoms with E-state index >= 15 is 0 Å². The molecule has 0 aliphatic carbocycles. The molecule has 0 fully saturated rings. The number of rotatable bonds is 11. The third-order valence-electron chi connectivity index (χ3n) is 5.32. The third kappa shape index (κ3) is 4.84. The van der Waals surface area contributed by atoms with E-state index in [4.69, 9.17) is 14.2 Å². The number of imide groups is 1. The van der Waals surface area contributed by atoms with E-state index < -0.39 is 0 Å². The molecule has 2 amide bonds. The Labute approximate surface area is 189 Å². The van der Waals surface area contributed by atoms with Crippen molar-refractivity contribution in [3.8, 4) is 5.75 Å². The maximum atomic E-state index is 13.7. The topological polar surface area (TPSA) is 68.3 Å². The monoisotopic (exact) mass is 438 g/mol. The molecule has 3 rings (SSSR count). The summed E-state index contributed by atoms with van der Waals surface area (Å²) in [7, 11) is 3.22. The van der Waals surface area contributed by atoms with Crippen LogP contribution in [0.3, 0.4) is 0 Å². The second-order valence-electron chi connectivity index (χ2n) is 7.39. The van der Waals surface area contributed by atoms with Crippen molar-refractivity contribution in [3.63, 3.8) is 0 Å². The van der Waals surface area contributed by atoms with Gasteiger partial charge in [-0.05, 0) is 43.2 Å². The fourth-order valence-corrected chi connectivity index (χ4v) is 3.73. The van der Waals surface area contributed by atoms with Crippen LogP contribution in [0.4, 0.5) is 5.69 Å². The first-order chi connectivity index (χ1) is 15.5. The molecule has 1 heterocycles. The van der Waals surface area contributed by atoms with Gasteiger partial charge in [-0.1, -0.05) is 30.3 Å². The number of ether oxygens (including phenoxy) is 3. The molecule has 0 radical (unpaired) electrons. The molecule has 0 spiro atoms. The number of hydrogen-bond acceptors (Lipinski definition) is 6. The number of hydrogen-bond donors (Lipinski definition) is 0. The lowest BCUT2D eigenvalue weighted by molar-refractivity contribution is -0.120. The van der Waals surface area contributed by atoms with E-state index in [1.807, 2.05) is 61.2 Å². The Kier molecular flexibility index (Phi) is 8.03. The SMILES string of the molecule is CCOc1ccc(C2=C(N(CCOC)CCOC)C(=O)N(c3ccccc3C)C2=O)cc1. The minimum atomic E-state index is -0.347. The van der Waals surface area contributed by atoms with Gasteiger partial charge in [0.15, 0.2) is 0 Å². The molecule has 1 aliphatic rings. The molecule has 0 N–H and O–H groups in total. The highest BCUT2D eigenvalue weighted by Gasteiger charge is 2.42. The summed E-state index contributed by atoms with van der Waals surface area (Å²) in [6, 6.07) is 14.6. The maximum Gasteiger partial charge on any atom is 0.282 e. The van der Waals surface area contributed by atoms with Gasteiger partial charge in [0.25, 0.3) is 11.8 Å². The summed E-state index contributed by atoms with van der Waals surface area (Å²) >= 11 is 0. The highest BCUT2D eigenvalue weighted by Crippen LogP contribution is 2.36. The fourth-order valence-electron chi connectivity index (χ4n) is 3.73. The van der Waals surface area contributed by atoms with E-state index in [1.54, 1.807) is 20.3 Å². The molecule has 0 saturated carbocycles. The second kappa shape index (κ2) is 10.9. The van der Waals surface area contributed by atoms with Crippen molar-refractivity contribution >= 4 is 23.1 Å². The first-order valence-electron chi connectivity index (χ1n) is 10.7. The lowest BCUT2D eigenvalue weighted by Crippen LogP contribution is -2.38. The molecule has 7 heteroatoms. The molecule has 0 atom stereocenters. The Morgan fingerprint density at radius 1 is 0.875 bits per heavy atom. The van der Waals surface area contributed by atoms with Crippen LogP contribution in [0.1, 0.15) is 18.1 Å². The number of anilines is 1. The number of aryl methyl sites for hydroxylation is 1. The minimum absolute atomic E-state index is 0.344. The molecule has 2 aromatic rings. The number of nitrogens with zero attached hydrogens (tertiary/aromatic N) is 2. The third-order valence-corrected chi connectivity index (χ3v) is 5.32. The molecule has 1 aliphatic heterocycles. The molecule has 170 valence electrons. The molecule has 0 bridgehead atoms. The summed E-state index contributed by atoms with van der Waals surface area (Å²) in [5.74, 6) is 0.0187.